The zero-order valence-electron chi connectivity index (χ0n) is 12.3. The third kappa shape index (κ3) is 4.94. The molecule has 1 rings (SSSR count). The fourth-order valence-electron chi connectivity index (χ4n) is 2.34. The number of hydrogen-bond acceptors (Lipinski definition) is 3. The van der Waals surface area contributed by atoms with Gasteiger partial charge in [-0.2, -0.15) is 5.26 Å². The zero-order valence-corrected chi connectivity index (χ0v) is 12.3. The maximum atomic E-state index is 11.9. The molecule has 0 aliphatic heterocycles. The van der Waals surface area contributed by atoms with Gasteiger partial charge in [-0.15, -0.1) is 0 Å². The van der Waals surface area contributed by atoms with Gasteiger partial charge in [0, 0.05) is 25.3 Å². The summed E-state index contributed by atoms with van der Waals surface area (Å²) >= 11 is 0. The van der Waals surface area contributed by atoms with Crippen molar-refractivity contribution in [1.82, 2.24) is 10.2 Å². The molecule has 1 fully saturated rings. The van der Waals surface area contributed by atoms with E-state index in [0.717, 1.165) is 19.3 Å². The Morgan fingerprint density at radius 1 is 1.47 bits per heavy atom. The number of amides is 1. The lowest BCUT2D eigenvalue weighted by atomic mass is 9.94. The average molecular weight is 263 g/mol. The Labute approximate surface area is 116 Å². The van der Waals surface area contributed by atoms with Gasteiger partial charge in [-0.3, -0.25) is 4.79 Å². The number of nitrogens with one attached hydrogen (secondary N) is 1. The molecule has 4 heteroatoms. The summed E-state index contributed by atoms with van der Waals surface area (Å²) in [5.74, 6) is -0.264. The van der Waals surface area contributed by atoms with Crippen LogP contribution in [0.25, 0.3) is 0 Å². The van der Waals surface area contributed by atoms with Crippen molar-refractivity contribution >= 4 is 5.91 Å². The summed E-state index contributed by atoms with van der Waals surface area (Å²) in [5.41, 5.74) is 0.202. The van der Waals surface area contributed by atoms with E-state index in [1.165, 1.54) is 19.3 Å². The van der Waals surface area contributed by atoms with E-state index in [4.69, 9.17) is 5.26 Å². The van der Waals surface area contributed by atoms with E-state index in [0.29, 0.717) is 6.04 Å². The molecule has 1 aliphatic carbocycles. The maximum Gasteiger partial charge on any atom is 0.263 e. The van der Waals surface area contributed by atoms with Crippen LogP contribution in [-0.2, 0) is 4.79 Å². The highest BCUT2D eigenvalue weighted by Crippen LogP contribution is 2.22. The number of nitrogens with zero attached hydrogens (tertiary/aromatic N) is 2. The van der Waals surface area contributed by atoms with Gasteiger partial charge in [0.25, 0.3) is 5.91 Å². The molecule has 0 heterocycles. The molecule has 0 saturated heterocycles. The Morgan fingerprint density at radius 3 is 2.63 bits per heavy atom. The molecule has 4 nitrogen and oxygen atoms in total. The van der Waals surface area contributed by atoms with Crippen molar-refractivity contribution in [3.8, 4) is 6.07 Å². The van der Waals surface area contributed by atoms with Crippen LogP contribution in [0.15, 0.2) is 11.8 Å². The molecule has 0 aromatic rings. The summed E-state index contributed by atoms with van der Waals surface area (Å²) in [4.78, 5) is 14.0. The normalized spacial score (nSPS) is 18.5. The van der Waals surface area contributed by atoms with Crippen LogP contribution in [0, 0.1) is 11.3 Å². The fraction of sp³-hybridized carbons (Fsp3) is 0.733. The van der Waals surface area contributed by atoms with Crippen molar-refractivity contribution < 1.29 is 4.79 Å². The number of carbonyl (C=O) groups excluding carboxylic acids is 1. The first-order chi connectivity index (χ1) is 9.08. The van der Waals surface area contributed by atoms with Crippen LogP contribution in [-0.4, -0.2) is 29.9 Å². The van der Waals surface area contributed by atoms with Gasteiger partial charge in [0.05, 0.1) is 0 Å². The van der Waals surface area contributed by atoms with Crippen LogP contribution in [0.5, 0.6) is 0 Å². The second-order valence-corrected chi connectivity index (χ2v) is 5.39. The molecular weight excluding hydrogens is 238 g/mol. The predicted octanol–water partition coefficient (Wildman–Crippen LogP) is 2.57. The maximum absolute atomic E-state index is 11.9. The summed E-state index contributed by atoms with van der Waals surface area (Å²) in [5, 5.41) is 12.0. The highest BCUT2D eigenvalue weighted by molar-refractivity contribution is 5.97. The van der Waals surface area contributed by atoms with Crippen LogP contribution < -0.4 is 5.32 Å². The molecule has 0 aromatic heterocycles. The highest BCUT2D eigenvalue weighted by Gasteiger charge is 2.18. The second-order valence-electron chi connectivity index (χ2n) is 5.39. The molecule has 1 atom stereocenters. The Kier molecular flexibility index (Phi) is 6.41. The summed E-state index contributed by atoms with van der Waals surface area (Å²) in [7, 11) is 1.96. The monoisotopic (exact) mass is 263 g/mol. The molecule has 19 heavy (non-hydrogen) atoms. The largest absolute Gasteiger partial charge is 0.376 e. The summed E-state index contributed by atoms with van der Waals surface area (Å²) < 4.78 is 0. The zero-order chi connectivity index (χ0) is 14.3. The van der Waals surface area contributed by atoms with E-state index in [1.54, 1.807) is 6.20 Å². The van der Waals surface area contributed by atoms with Gasteiger partial charge >= 0.3 is 0 Å². The molecule has 1 unspecified atom stereocenters. The van der Waals surface area contributed by atoms with Crippen molar-refractivity contribution in [2.24, 2.45) is 0 Å². The summed E-state index contributed by atoms with van der Waals surface area (Å²) in [6.45, 7) is 3.95. The number of nitriles is 1. The van der Waals surface area contributed by atoms with E-state index in [9.17, 15) is 4.79 Å². The van der Waals surface area contributed by atoms with Crippen LogP contribution in [0.1, 0.15) is 52.4 Å². The molecule has 0 spiro atoms. The molecule has 0 aromatic carbocycles. The van der Waals surface area contributed by atoms with E-state index >= 15 is 0 Å². The molecular formula is C15H25N3O. The smallest absolute Gasteiger partial charge is 0.263 e. The van der Waals surface area contributed by atoms with Crippen molar-refractivity contribution in [2.75, 3.05) is 7.05 Å². The third-order valence-electron chi connectivity index (χ3n) is 3.84. The van der Waals surface area contributed by atoms with Crippen molar-refractivity contribution in [2.45, 2.75) is 64.5 Å². The molecule has 1 saturated carbocycles. The lowest BCUT2D eigenvalue weighted by Crippen LogP contribution is -2.35. The Balaban J connectivity index is 2.64. The van der Waals surface area contributed by atoms with Gasteiger partial charge in [0.1, 0.15) is 11.6 Å². The van der Waals surface area contributed by atoms with E-state index < -0.39 is 0 Å². The minimum absolute atomic E-state index is 0.101. The van der Waals surface area contributed by atoms with Gasteiger partial charge < -0.3 is 10.2 Å². The first-order valence-corrected chi connectivity index (χ1v) is 7.23. The summed E-state index contributed by atoms with van der Waals surface area (Å²) in [6.07, 6.45) is 8.65. The lowest BCUT2D eigenvalue weighted by Gasteiger charge is -2.30. The van der Waals surface area contributed by atoms with E-state index in [-0.39, 0.29) is 17.5 Å². The van der Waals surface area contributed by atoms with Crippen molar-refractivity contribution in [3.05, 3.63) is 11.8 Å². The molecule has 1 N–H and O–H groups in total. The quantitative estimate of drug-likeness (QED) is 0.612. The number of hydrogen-bond donors (Lipinski definition) is 1. The summed E-state index contributed by atoms with van der Waals surface area (Å²) in [6, 6.07) is 2.58. The van der Waals surface area contributed by atoms with Gasteiger partial charge in [-0.25, -0.2) is 0 Å². The number of carbonyl (C=O) groups is 1. The molecule has 1 amide bonds. The average Bonchev–Trinajstić information content (AvgIpc) is 2.44. The number of rotatable bonds is 5. The molecule has 0 radical (unpaired) electrons. The predicted molar refractivity (Wildman–Crippen MR) is 76.2 cm³/mol. The van der Waals surface area contributed by atoms with Crippen LogP contribution in [0.4, 0.5) is 0 Å². The van der Waals surface area contributed by atoms with Crippen LogP contribution >= 0.6 is 0 Å². The fourth-order valence-corrected chi connectivity index (χ4v) is 2.34. The van der Waals surface area contributed by atoms with E-state index in [1.807, 2.05) is 31.9 Å². The third-order valence-corrected chi connectivity index (χ3v) is 3.84. The van der Waals surface area contributed by atoms with Gasteiger partial charge in [-0.1, -0.05) is 26.2 Å². The Hall–Kier alpha value is -1.50. The Bertz CT molecular complexity index is 364. The van der Waals surface area contributed by atoms with Crippen LogP contribution in [0.2, 0.25) is 0 Å². The van der Waals surface area contributed by atoms with Crippen molar-refractivity contribution in [1.29, 1.82) is 5.26 Å². The Morgan fingerprint density at radius 2 is 2.11 bits per heavy atom. The minimum atomic E-state index is -0.264. The SMILES string of the molecule is CCC(C)NC(=O)/C(C#N)=C\N(C)C1CCCCC1. The minimum Gasteiger partial charge on any atom is -0.376 e. The van der Waals surface area contributed by atoms with E-state index in [2.05, 4.69) is 5.32 Å². The first kappa shape index (κ1) is 15.6. The van der Waals surface area contributed by atoms with Crippen LogP contribution in [0.3, 0.4) is 0 Å². The highest BCUT2D eigenvalue weighted by atomic mass is 16.1. The molecule has 0 bridgehead atoms. The van der Waals surface area contributed by atoms with Crippen molar-refractivity contribution in [3.63, 3.8) is 0 Å². The van der Waals surface area contributed by atoms with Gasteiger partial charge in [-0.05, 0) is 26.2 Å². The second kappa shape index (κ2) is 7.83. The van der Waals surface area contributed by atoms with Gasteiger partial charge in [0.15, 0.2) is 0 Å². The molecule has 1 aliphatic rings. The standard InChI is InChI=1S/C15H25N3O/c1-4-12(2)17-15(19)13(10-16)11-18(3)14-8-6-5-7-9-14/h11-12,14H,4-9H2,1-3H3,(H,17,19)/b13-11-. The first-order valence-electron chi connectivity index (χ1n) is 7.23. The molecule has 106 valence electrons. The lowest BCUT2D eigenvalue weighted by molar-refractivity contribution is -0.117. The topological polar surface area (TPSA) is 56.1 Å². The van der Waals surface area contributed by atoms with Gasteiger partial charge in [0.2, 0.25) is 0 Å².